The standard InChI is InChI=1S/C19H19F3N2OS/c1-24(2)9-4-8-23-18(25)15-11-14-12(13-7-10-26-17(13)15)5-3-6-16(14)19(20,21)22/h3,5-7,10-11H,4,8-9H2,1-2H3,(H,23,25). The van der Waals surface area contributed by atoms with Crippen LogP contribution in [0.25, 0.3) is 20.9 Å². The maximum atomic E-state index is 13.4. The number of amides is 1. The normalized spacial score (nSPS) is 12.2. The van der Waals surface area contributed by atoms with Gasteiger partial charge in [-0.15, -0.1) is 11.3 Å². The monoisotopic (exact) mass is 380 g/mol. The van der Waals surface area contributed by atoms with Crippen LogP contribution in [0.3, 0.4) is 0 Å². The summed E-state index contributed by atoms with van der Waals surface area (Å²) < 4.78 is 40.9. The molecule has 26 heavy (non-hydrogen) atoms. The molecule has 3 rings (SSSR count). The summed E-state index contributed by atoms with van der Waals surface area (Å²) in [5, 5.41) is 5.87. The van der Waals surface area contributed by atoms with Crippen LogP contribution in [0.5, 0.6) is 0 Å². The molecule has 3 nitrogen and oxygen atoms in total. The van der Waals surface area contributed by atoms with Gasteiger partial charge in [0, 0.05) is 16.6 Å². The van der Waals surface area contributed by atoms with Crippen molar-refractivity contribution in [2.75, 3.05) is 27.2 Å². The van der Waals surface area contributed by atoms with Gasteiger partial charge in [0.15, 0.2) is 0 Å². The Balaban J connectivity index is 2.04. The van der Waals surface area contributed by atoms with Gasteiger partial charge >= 0.3 is 6.18 Å². The molecule has 1 N–H and O–H groups in total. The third-order valence-corrected chi connectivity index (χ3v) is 5.16. The third kappa shape index (κ3) is 3.68. The number of hydrogen-bond donors (Lipinski definition) is 1. The SMILES string of the molecule is CN(C)CCCNC(=O)c1cc2c(C(F)(F)F)cccc2c2ccsc12. The molecular weight excluding hydrogens is 361 g/mol. The Kier molecular flexibility index (Phi) is 5.20. The maximum absolute atomic E-state index is 13.4. The summed E-state index contributed by atoms with van der Waals surface area (Å²) in [7, 11) is 3.89. The van der Waals surface area contributed by atoms with E-state index in [1.165, 1.54) is 23.5 Å². The molecule has 0 aliphatic heterocycles. The van der Waals surface area contributed by atoms with E-state index in [2.05, 4.69) is 5.32 Å². The number of fused-ring (bicyclic) bond motifs is 3. The molecule has 2 aromatic carbocycles. The van der Waals surface area contributed by atoms with E-state index in [1.807, 2.05) is 19.0 Å². The minimum absolute atomic E-state index is 0.0596. The summed E-state index contributed by atoms with van der Waals surface area (Å²) in [6, 6.07) is 7.27. The molecule has 1 heterocycles. The number of carbonyl (C=O) groups excluding carboxylic acids is 1. The van der Waals surface area contributed by atoms with Crippen molar-refractivity contribution in [3.8, 4) is 0 Å². The number of hydrogen-bond acceptors (Lipinski definition) is 3. The molecular formula is C19H19F3N2OS. The Morgan fingerprint density at radius 3 is 2.62 bits per heavy atom. The smallest absolute Gasteiger partial charge is 0.352 e. The molecule has 0 fully saturated rings. The number of halogens is 3. The van der Waals surface area contributed by atoms with E-state index in [0.717, 1.165) is 19.0 Å². The van der Waals surface area contributed by atoms with E-state index >= 15 is 0 Å². The summed E-state index contributed by atoms with van der Waals surface area (Å²) in [6.07, 6.45) is -3.70. The fourth-order valence-corrected chi connectivity index (χ4v) is 3.93. The van der Waals surface area contributed by atoms with Crippen LogP contribution in [0, 0.1) is 0 Å². The van der Waals surface area contributed by atoms with Gasteiger partial charge in [0.05, 0.1) is 11.1 Å². The number of thiophene rings is 1. The lowest BCUT2D eigenvalue weighted by molar-refractivity contribution is -0.136. The summed E-state index contributed by atoms with van der Waals surface area (Å²) in [5.74, 6) is -0.338. The number of benzene rings is 2. The molecule has 0 spiro atoms. The van der Waals surface area contributed by atoms with Gasteiger partial charge in [-0.05, 0) is 61.4 Å². The Morgan fingerprint density at radius 2 is 1.92 bits per heavy atom. The summed E-state index contributed by atoms with van der Waals surface area (Å²) in [6.45, 7) is 1.30. The van der Waals surface area contributed by atoms with Gasteiger partial charge in [0.1, 0.15) is 0 Å². The van der Waals surface area contributed by atoms with E-state index < -0.39 is 11.7 Å². The van der Waals surface area contributed by atoms with Crippen molar-refractivity contribution in [3.05, 3.63) is 46.8 Å². The molecule has 1 aromatic heterocycles. The van der Waals surface area contributed by atoms with Crippen LogP contribution in [0.4, 0.5) is 13.2 Å². The van der Waals surface area contributed by atoms with Crippen molar-refractivity contribution in [1.82, 2.24) is 10.2 Å². The highest BCUT2D eigenvalue weighted by Crippen LogP contribution is 2.39. The number of nitrogens with zero attached hydrogens (tertiary/aromatic N) is 1. The summed E-state index contributed by atoms with van der Waals surface area (Å²) in [5.41, 5.74) is -0.422. The van der Waals surface area contributed by atoms with Gasteiger partial charge in [-0.3, -0.25) is 4.79 Å². The summed E-state index contributed by atoms with van der Waals surface area (Å²) >= 11 is 1.36. The molecule has 0 aliphatic rings. The molecule has 138 valence electrons. The highest BCUT2D eigenvalue weighted by Gasteiger charge is 2.33. The lowest BCUT2D eigenvalue weighted by Crippen LogP contribution is -2.27. The van der Waals surface area contributed by atoms with Gasteiger partial charge < -0.3 is 10.2 Å². The van der Waals surface area contributed by atoms with E-state index in [-0.39, 0.29) is 11.3 Å². The number of carbonyl (C=O) groups is 1. The Hall–Kier alpha value is -2.12. The van der Waals surface area contributed by atoms with Gasteiger partial charge in [0.2, 0.25) is 0 Å². The van der Waals surface area contributed by atoms with Crippen LogP contribution in [0.2, 0.25) is 0 Å². The number of alkyl halides is 3. The van der Waals surface area contributed by atoms with E-state index in [4.69, 9.17) is 0 Å². The predicted octanol–water partition coefficient (Wildman–Crippen LogP) is 4.75. The first-order chi connectivity index (χ1) is 12.3. The molecule has 0 atom stereocenters. The fourth-order valence-electron chi connectivity index (χ4n) is 3.00. The lowest BCUT2D eigenvalue weighted by Gasteiger charge is -2.14. The number of nitrogens with one attached hydrogen (secondary N) is 1. The zero-order valence-corrected chi connectivity index (χ0v) is 15.3. The fraction of sp³-hybridized carbons (Fsp3) is 0.316. The molecule has 3 aromatic rings. The van der Waals surface area contributed by atoms with E-state index in [9.17, 15) is 18.0 Å². The topological polar surface area (TPSA) is 32.3 Å². The Labute approximate surface area is 153 Å². The minimum atomic E-state index is -4.47. The highest BCUT2D eigenvalue weighted by atomic mass is 32.1. The summed E-state index contributed by atoms with van der Waals surface area (Å²) in [4.78, 5) is 14.6. The zero-order chi connectivity index (χ0) is 18.9. The maximum Gasteiger partial charge on any atom is 0.417 e. The van der Waals surface area contributed by atoms with Crippen LogP contribution in [0.15, 0.2) is 35.7 Å². The molecule has 7 heteroatoms. The van der Waals surface area contributed by atoms with Gasteiger partial charge in [-0.25, -0.2) is 0 Å². The van der Waals surface area contributed by atoms with Crippen molar-refractivity contribution in [1.29, 1.82) is 0 Å². The van der Waals surface area contributed by atoms with Crippen molar-refractivity contribution in [3.63, 3.8) is 0 Å². The van der Waals surface area contributed by atoms with Gasteiger partial charge in [-0.1, -0.05) is 12.1 Å². The molecule has 0 radical (unpaired) electrons. The second kappa shape index (κ2) is 7.25. The lowest BCUT2D eigenvalue weighted by atomic mass is 9.98. The van der Waals surface area contributed by atoms with Crippen LogP contribution in [0.1, 0.15) is 22.3 Å². The Bertz CT molecular complexity index is 947. The molecule has 1 amide bonds. The average molecular weight is 380 g/mol. The van der Waals surface area contributed by atoms with Gasteiger partial charge in [0.25, 0.3) is 5.91 Å². The predicted molar refractivity (Wildman–Crippen MR) is 99.8 cm³/mol. The molecule has 0 unspecified atom stereocenters. The first-order valence-corrected chi connectivity index (χ1v) is 9.10. The first kappa shape index (κ1) is 18.7. The van der Waals surface area contributed by atoms with Gasteiger partial charge in [-0.2, -0.15) is 13.2 Å². The molecule has 0 saturated heterocycles. The Morgan fingerprint density at radius 1 is 1.15 bits per heavy atom. The highest BCUT2D eigenvalue weighted by molar-refractivity contribution is 7.17. The zero-order valence-electron chi connectivity index (χ0n) is 14.5. The minimum Gasteiger partial charge on any atom is -0.352 e. The first-order valence-electron chi connectivity index (χ1n) is 8.22. The van der Waals surface area contributed by atoms with E-state index in [0.29, 0.717) is 27.6 Å². The van der Waals surface area contributed by atoms with Crippen LogP contribution < -0.4 is 5.32 Å². The quantitative estimate of drug-likeness (QED) is 0.648. The van der Waals surface area contributed by atoms with Crippen molar-refractivity contribution >= 4 is 38.1 Å². The third-order valence-electron chi connectivity index (χ3n) is 4.21. The van der Waals surface area contributed by atoms with Crippen molar-refractivity contribution < 1.29 is 18.0 Å². The second-order valence-corrected chi connectivity index (χ2v) is 7.31. The molecule has 0 saturated carbocycles. The largest absolute Gasteiger partial charge is 0.417 e. The molecule has 0 aliphatic carbocycles. The van der Waals surface area contributed by atoms with Crippen LogP contribution in [-0.2, 0) is 6.18 Å². The molecule has 0 bridgehead atoms. The second-order valence-electron chi connectivity index (χ2n) is 6.40. The van der Waals surface area contributed by atoms with Crippen molar-refractivity contribution in [2.45, 2.75) is 12.6 Å². The van der Waals surface area contributed by atoms with Crippen LogP contribution in [-0.4, -0.2) is 38.0 Å². The average Bonchev–Trinajstić information content (AvgIpc) is 3.06. The van der Waals surface area contributed by atoms with Crippen LogP contribution >= 0.6 is 11.3 Å². The van der Waals surface area contributed by atoms with E-state index in [1.54, 1.807) is 17.5 Å². The number of rotatable bonds is 5. The van der Waals surface area contributed by atoms with Crippen molar-refractivity contribution in [2.24, 2.45) is 0 Å².